The van der Waals surface area contributed by atoms with Gasteiger partial charge in [0.15, 0.2) is 5.13 Å². The van der Waals surface area contributed by atoms with Crippen LogP contribution in [0.15, 0.2) is 18.3 Å². The molecule has 2 aromatic heterocycles. The molecule has 94 valence electrons. The molecule has 0 aliphatic rings. The van der Waals surface area contributed by atoms with Crippen molar-refractivity contribution in [2.45, 2.75) is 20.3 Å². The number of pyridine rings is 1. The second kappa shape index (κ2) is 5.41. The molecule has 18 heavy (non-hydrogen) atoms. The number of rotatable bonds is 4. The first-order valence-corrected chi connectivity index (χ1v) is 6.81. The topological polar surface area (TPSA) is 63.8 Å². The molecule has 0 fully saturated rings. The Kier molecular flexibility index (Phi) is 3.88. The Labute approximate surface area is 115 Å². The van der Waals surface area contributed by atoms with Gasteiger partial charge in [-0.05, 0) is 25.5 Å². The molecule has 0 radical (unpaired) electrons. The van der Waals surface area contributed by atoms with Gasteiger partial charge in [0.2, 0.25) is 0 Å². The summed E-state index contributed by atoms with van der Waals surface area (Å²) in [5, 5.41) is 4.02. The number of aryl methyl sites for hydroxylation is 2. The highest BCUT2D eigenvalue weighted by molar-refractivity contribution is 7.80. The van der Waals surface area contributed by atoms with Crippen LogP contribution < -0.4 is 11.1 Å². The van der Waals surface area contributed by atoms with Gasteiger partial charge in [0.25, 0.3) is 0 Å². The van der Waals surface area contributed by atoms with Crippen molar-refractivity contribution < 1.29 is 0 Å². The van der Waals surface area contributed by atoms with Crippen LogP contribution in [0, 0.1) is 6.92 Å². The molecule has 6 heteroatoms. The second-order valence-electron chi connectivity index (χ2n) is 3.79. The van der Waals surface area contributed by atoms with Crippen molar-refractivity contribution in [3.8, 4) is 0 Å². The zero-order valence-electron chi connectivity index (χ0n) is 10.2. The van der Waals surface area contributed by atoms with E-state index in [-0.39, 0.29) is 0 Å². The number of nitrogens with zero attached hydrogens (tertiary/aromatic N) is 2. The molecule has 0 saturated heterocycles. The predicted octanol–water partition coefficient (Wildman–Crippen LogP) is 2.79. The third-order valence-corrected chi connectivity index (χ3v) is 3.67. The van der Waals surface area contributed by atoms with Crippen molar-refractivity contribution in [1.29, 1.82) is 0 Å². The molecule has 0 unspecified atom stereocenters. The Morgan fingerprint density at radius 1 is 1.56 bits per heavy atom. The second-order valence-corrected chi connectivity index (χ2v) is 5.44. The highest BCUT2D eigenvalue weighted by Crippen LogP contribution is 2.25. The molecule has 0 bridgehead atoms. The van der Waals surface area contributed by atoms with Gasteiger partial charge in [-0.15, -0.1) is 11.3 Å². The summed E-state index contributed by atoms with van der Waals surface area (Å²) in [6, 6.07) is 3.61. The lowest BCUT2D eigenvalue weighted by Gasteiger charge is -2.03. The minimum atomic E-state index is 0.366. The van der Waals surface area contributed by atoms with Crippen LogP contribution in [-0.4, -0.2) is 15.0 Å². The minimum Gasteiger partial charge on any atom is -0.389 e. The normalized spacial score (nSPS) is 10.3. The molecule has 0 aromatic carbocycles. The largest absolute Gasteiger partial charge is 0.389 e. The summed E-state index contributed by atoms with van der Waals surface area (Å²) >= 11 is 6.56. The van der Waals surface area contributed by atoms with Gasteiger partial charge >= 0.3 is 0 Å². The summed E-state index contributed by atoms with van der Waals surface area (Å²) in [7, 11) is 0. The van der Waals surface area contributed by atoms with Crippen LogP contribution in [0.25, 0.3) is 0 Å². The highest BCUT2D eigenvalue weighted by atomic mass is 32.1. The average molecular weight is 278 g/mol. The van der Waals surface area contributed by atoms with Crippen molar-refractivity contribution in [1.82, 2.24) is 9.97 Å². The van der Waals surface area contributed by atoms with Crippen LogP contribution >= 0.6 is 23.6 Å². The Morgan fingerprint density at radius 2 is 2.33 bits per heavy atom. The summed E-state index contributed by atoms with van der Waals surface area (Å²) in [5.41, 5.74) is 7.50. The number of hydrogen-bond acceptors (Lipinski definition) is 5. The van der Waals surface area contributed by atoms with Gasteiger partial charge in [-0.3, -0.25) is 0 Å². The van der Waals surface area contributed by atoms with Gasteiger partial charge in [-0.1, -0.05) is 19.1 Å². The summed E-state index contributed by atoms with van der Waals surface area (Å²) in [5.74, 6) is 0.705. The zero-order chi connectivity index (χ0) is 13.1. The number of nitrogens with one attached hydrogen (secondary N) is 1. The molecule has 2 rings (SSSR count). The standard InChI is InChI=1S/C12H14N4S2/c1-3-9-7(2)18-12(15-9)16-10-6-8(11(13)17)4-5-14-10/h4-6H,3H2,1-2H3,(H2,13,17)(H,14,15,16). The lowest BCUT2D eigenvalue weighted by molar-refractivity contribution is 1.04. The molecule has 3 N–H and O–H groups in total. The molecule has 2 aromatic rings. The van der Waals surface area contributed by atoms with Crippen LogP contribution in [0.1, 0.15) is 23.1 Å². The summed E-state index contributed by atoms with van der Waals surface area (Å²) in [4.78, 5) is 10.3. The summed E-state index contributed by atoms with van der Waals surface area (Å²) in [6.45, 7) is 4.16. The van der Waals surface area contributed by atoms with E-state index < -0.39 is 0 Å². The van der Waals surface area contributed by atoms with Crippen LogP contribution in [0.3, 0.4) is 0 Å². The van der Waals surface area contributed by atoms with Gasteiger partial charge in [-0.25, -0.2) is 9.97 Å². The molecule has 4 nitrogen and oxygen atoms in total. The van der Waals surface area contributed by atoms with Gasteiger partial charge in [-0.2, -0.15) is 0 Å². The van der Waals surface area contributed by atoms with Crippen LogP contribution in [-0.2, 0) is 6.42 Å². The first-order chi connectivity index (χ1) is 8.60. The number of aromatic nitrogens is 2. The summed E-state index contributed by atoms with van der Waals surface area (Å²) in [6.07, 6.45) is 2.61. The molecule has 0 aliphatic heterocycles. The van der Waals surface area contributed by atoms with E-state index in [9.17, 15) is 0 Å². The van der Waals surface area contributed by atoms with Crippen molar-refractivity contribution in [2.75, 3.05) is 5.32 Å². The quantitative estimate of drug-likeness (QED) is 0.842. The predicted molar refractivity (Wildman–Crippen MR) is 79.6 cm³/mol. The smallest absolute Gasteiger partial charge is 0.188 e. The Morgan fingerprint density at radius 3 is 2.94 bits per heavy atom. The third kappa shape index (κ3) is 2.83. The molecular weight excluding hydrogens is 264 g/mol. The Bertz CT molecular complexity index is 577. The van der Waals surface area contributed by atoms with Gasteiger partial charge in [0.05, 0.1) is 5.69 Å². The highest BCUT2D eigenvalue weighted by Gasteiger charge is 2.07. The SMILES string of the molecule is CCc1nc(Nc2cc(C(N)=S)ccn2)sc1C. The third-order valence-electron chi connectivity index (χ3n) is 2.51. The zero-order valence-corrected chi connectivity index (χ0v) is 11.9. The fraction of sp³-hybridized carbons (Fsp3) is 0.250. The first kappa shape index (κ1) is 12.9. The van der Waals surface area contributed by atoms with E-state index in [0.717, 1.165) is 22.8 Å². The van der Waals surface area contributed by atoms with Crippen LogP contribution in [0.2, 0.25) is 0 Å². The maximum atomic E-state index is 5.59. The fourth-order valence-corrected chi connectivity index (χ4v) is 2.61. The van der Waals surface area contributed by atoms with E-state index >= 15 is 0 Å². The maximum absolute atomic E-state index is 5.59. The van der Waals surface area contributed by atoms with Gasteiger partial charge < -0.3 is 11.1 Å². The van der Waals surface area contributed by atoms with E-state index in [1.165, 1.54) is 4.88 Å². The van der Waals surface area contributed by atoms with E-state index in [2.05, 4.69) is 29.1 Å². The van der Waals surface area contributed by atoms with E-state index in [1.807, 2.05) is 6.07 Å². The molecular formula is C12H14N4S2. The lowest BCUT2D eigenvalue weighted by atomic mass is 10.2. The van der Waals surface area contributed by atoms with E-state index in [0.29, 0.717) is 10.8 Å². The van der Waals surface area contributed by atoms with Gasteiger partial charge in [0, 0.05) is 16.6 Å². The van der Waals surface area contributed by atoms with Crippen molar-refractivity contribution >= 4 is 39.5 Å². The van der Waals surface area contributed by atoms with Crippen molar-refractivity contribution in [3.05, 3.63) is 34.5 Å². The number of hydrogen-bond donors (Lipinski definition) is 2. The monoisotopic (exact) mass is 278 g/mol. The maximum Gasteiger partial charge on any atom is 0.188 e. The van der Waals surface area contributed by atoms with E-state index in [1.54, 1.807) is 23.6 Å². The van der Waals surface area contributed by atoms with Gasteiger partial charge in [0.1, 0.15) is 10.8 Å². The van der Waals surface area contributed by atoms with E-state index in [4.69, 9.17) is 18.0 Å². The fourth-order valence-electron chi connectivity index (χ4n) is 1.57. The average Bonchev–Trinajstić information content (AvgIpc) is 2.69. The molecule has 0 aliphatic carbocycles. The van der Waals surface area contributed by atoms with Crippen molar-refractivity contribution in [2.24, 2.45) is 5.73 Å². The number of nitrogens with two attached hydrogens (primary N) is 1. The lowest BCUT2D eigenvalue weighted by Crippen LogP contribution is -2.09. The molecule has 0 spiro atoms. The first-order valence-electron chi connectivity index (χ1n) is 5.59. The van der Waals surface area contributed by atoms with Crippen molar-refractivity contribution in [3.63, 3.8) is 0 Å². The number of thiazole rings is 1. The Hall–Kier alpha value is -1.53. The number of anilines is 2. The number of thiocarbonyl (C=S) groups is 1. The molecule has 0 amide bonds. The van der Waals surface area contributed by atoms with Crippen LogP contribution in [0.4, 0.5) is 10.9 Å². The van der Waals surface area contributed by atoms with Crippen LogP contribution in [0.5, 0.6) is 0 Å². The molecule has 2 heterocycles. The minimum absolute atomic E-state index is 0.366. The Balaban J connectivity index is 2.22. The molecule has 0 atom stereocenters. The summed E-state index contributed by atoms with van der Waals surface area (Å²) < 4.78 is 0. The molecule has 0 saturated carbocycles.